The average Bonchev–Trinajstić information content (AvgIpc) is 2.81. The van der Waals surface area contributed by atoms with Crippen molar-refractivity contribution < 1.29 is 0 Å². The van der Waals surface area contributed by atoms with Crippen LogP contribution in [0.5, 0.6) is 0 Å². The lowest BCUT2D eigenvalue weighted by Crippen LogP contribution is -2.36. The van der Waals surface area contributed by atoms with E-state index in [9.17, 15) is 0 Å². The molecule has 21 heavy (non-hydrogen) atoms. The maximum Gasteiger partial charge on any atom is 0.140 e. The monoisotopic (exact) mass is 285 g/mol. The molecule has 0 bridgehead atoms. The van der Waals surface area contributed by atoms with E-state index >= 15 is 0 Å². The van der Waals surface area contributed by atoms with Gasteiger partial charge in [0.05, 0.1) is 6.54 Å². The summed E-state index contributed by atoms with van der Waals surface area (Å²) < 4.78 is 1.86. The maximum atomic E-state index is 4.36. The molecule has 5 heteroatoms. The van der Waals surface area contributed by atoms with Crippen molar-refractivity contribution in [2.75, 3.05) is 13.1 Å². The van der Waals surface area contributed by atoms with Gasteiger partial charge >= 0.3 is 0 Å². The van der Waals surface area contributed by atoms with Crippen LogP contribution < -0.4 is 5.32 Å². The first-order chi connectivity index (χ1) is 10.2. The molecule has 2 unspecified atom stereocenters. The molecule has 0 saturated carbocycles. The lowest BCUT2D eigenvalue weighted by Gasteiger charge is -2.28. The zero-order valence-corrected chi connectivity index (χ0v) is 12.7. The Morgan fingerprint density at radius 3 is 2.81 bits per heavy atom. The van der Waals surface area contributed by atoms with E-state index in [1.54, 1.807) is 6.33 Å². The number of nitrogens with zero attached hydrogens (tertiary/aromatic N) is 4. The van der Waals surface area contributed by atoms with Crippen LogP contribution >= 0.6 is 0 Å². The third-order valence-electron chi connectivity index (χ3n) is 4.34. The molecule has 1 N–H and O–H groups in total. The molecule has 1 aromatic heterocycles. The molecular formula is C16H23N5. The summed E-state index contributed by atoms with van der Waals surface area (Å²) in [4.78, 5) is 6.86. The van der Waals surface area contributed by atoms with Gasteiger partial charge in [0, 0.05) is 25.7 Å². The molecule has 2 heterocycles. The van der Waals surface area contributed by atoms with Gasteiger partial charge in [-0.1, -0.05) is 30.3 Å². The lowest BCUT2D eigenvalue weighted by atomic mass is 10.1. The smallest absolute Gasteiger partial charge is 0.140 e. The number of hydrogen-bond acceptors (Lipinski definition) is 4. The number of aryl methyl sites for hydroxylation is 1. The van der Waals surface area contributed by atoms with Crippen LogP contribution in [-0.2, 0) is 13.6 Å². The molecule has 0 aliphatic carbocycles. The molecule has 1 aromatic carbocycles. The van der Waals surface area contributed by atoms with Crippen LogP contribution in [0.4, 0.5) is 0 Å². The van der Waals surface area contributed by atoms with Gasteiger partial charge in [0.25, 0.3) is 0 Å². The highest BCUT2D eigenvalue weighted by Gasteiger charge is 2.24. The van der Waals surface area contributed by atoms with Crippen molar-refractivity contribution in [3.8, 4) is 0 Å². The first-order valence-electron chi connectivity index (χ1n) is 7.59. The molecule has 3 rings (SSSR count). The van der Waals surface area contributed by atoms with Crippen LogP contribution in [0.2, 0.25) is 0 Å². The van der Waals surface area contributed by atoms with Gasteiger partial charge in [-0.05, 0) is 25.5 Å². The summed E-state index contributed by atoms with van der Waals surface area (Å²) in [5, 5.41) is 7.84. The highest BCUT2D eigenvalue weighted by atomic mass is 15.3. The number of hydrogen-bond donors (Lipinski definition) is 1. The Labute approximate surface area is 126 Å². The van der Waals surface area contributed by atoms with E-state index in [0.29, 0.717) is 12.1 Å². The standard InChI is InChI=1S/C16H23N5/c1-13-8-9-17-15(14-6-4-3-5-7-14)10-21(13)11-16-18-12-19-20(16)2/h3-7,12-13,15,17H,8-11H2,1-2H3. The quantitative estimate of drug-likeness (QED) is 0.933. The zero-order valence-electron chi connectivity index (χ0n) is 12.7. The van der Waals surface area contributed by atoms with Crippen LogP contribution in [0.25, 0.3) is 0 Å². The van der Waals surface area contributed by atoms with Gasteiger partial charge in [-0.2, -0.15) is 5.10 Å². The van der Waals surface area contributed by atoms with E-state index < -0.39 is 0 Å². The van der Waals surface area contributed by atoms with E-state index in [0.717, 1.165) is 31.9 Å². The van der Waals surface area contributed by atoms with Crippen molar-refractivity contribution in [3.05, 3.63) is 48.0 Å². The highest BCUT2D eigenvalue weighted by molar-refractivity contribution is 5.19. The molecule has 1 saturated heterocycles. The summed E-state index contributed by atoms with van der Waals surface area (Å²) in [7, 11) is 1.96. The third-order valence-corrected chi connectivity index (χ3v) is 4.34. The minimum atomic E-state index is 0.379. The lowest BCUT2D eigenvalue weighted by molar-refractivity contribution is 0.189. The molecule has 5 nitrogen and oxygen atoms in total. The highest BCUT2D eigenvalue weighted by Crippen LogP contribution is 2.21. The Morgan fingerprint density at radius 1 is 1.29 bits per heavy atom. The van der Waals surface area contributed by atoms with Gasteiger partial charge in [0.2, 0.25) is 0 Å². The topological polar surface area (TPSA) is 46.0 Å². The summed E-state index contributed by atoms with van der Waals surface area (Å²) >= 11 is 0. The Hall–Kier alpha value is -1.72. The molecule has 1 fully saturated rings. The van der Waals surface area contributed by atoms with Crippen molar-refractivity contribution in [1.82, 2.24) is 25.0 Å². The first-order valence-corrected chi connectivity index (χ1v) is 7.59. The summed E-state index contributed by atoms with van der Waals surface area (Å²) in [5.74, 6) is 1.02. The van der Waals surface area contributed by atoms with Crippen molar-refractivity contribution in [2.45, 2.75) is 32.0 Å². The van der Waals surface area contributed by atoms with Crippen molar-refractivity contribution in [2.24, 2.45) is 7.05 Å². The molecule has 0 radical (unpaired) electrons. The number of aromatic nitrogens is 3. The van der Waals surface area contributed by atoms with Crippen molar-refractivity contribution in [1.29, 1.82) is 0 Å². The fraction of sp³-hybridized carbons (Fsp3) is 0.500. The van der Waals surface area contributed by atoms with Gasteiger partial charge < -0.3 is 5.32 Å². The van der Waals surface area contributed by atoms with E-state index in [-0.39, 0.29) is 0 Å². The predicted octanol–water partition coefficient (Wildman–Crippen LogP) is 1.74. The fourth-order valence-electron chi connectivity index (χ4n) is 2.90. The third kappa shape index (κ3) is 3.31. The van der Waals surface area contributed by atoms with Crippen molar-refractivity contribution in [3.63, 3.8) is 0 Å². The zero-order chi connectivity index (χ0) is 14.7. The molecule has 112 valence electrons. The summed E-state index contributed by atoms with van der Waals surface area (Å²) in [5.41, 5.74) is 1.36. The summed E-state index contributed by atoms with van der Waals surface area (Å²) in [6.45, 7) is 5.20. The van der Waals surface area contributed by atoms with E-state index in [4.69, 9.17) is 0 Å². The van der Waals surface area contributed by atoms with Gasteiger partial charge in [-0.3, -0.25) is 9.58 Å². The van der Waals surface area contributed by atoms with Crippen LogP contribution in [0, 0.1) is 0 Å². The molecule has 0 amide bonds. The summed E-state index contributed by atoms with van der Waals surface area (Å²) in [6.07, 6.45) is 2.78. The van der Waals surface area contributed by atoms with E-state index in [1.807, 2.05) is 11.7 Å². The molecule has 2 aromatic rings. The first kappa shape index (κ1) is 14.2. The molecule has 1 aliphatic rings. The Balaban J connectivity index is 1.76. The maximum absolute atomic E-state index is 4.36. The van der Waals surface area contributed by atoms with Gasteiger partial charge in [0.1, 0.15) is 12.2 Å². The Bertz CT molecular complexity index is 565. The second-order valence-electron chi connectivity index (χ2n) is 5.78. The molecule has 0 spiro atoms. The molecule has 1 aliphatic heterocycles. The van der Waals surface area contributed by atoms with Crippen LogP contribution in [0.15, 0.2) is 36.7 Å². The van der Waals surface area contributed by atoms with E-state index in [2.05, 4.69) is 57.6 Å². The SMILES string of the molecule is CC1CCNC(c2ccccc2)CN1Cc1ncnn1C. The Morgan fingerprint density at radius 2 is 2.10 bits per heavy atom. The predicted molar refractivity (Wildman–Crippen MR) is 82.7 cm³/mol. The van der Waals surface area contributed by atoms with Crippen LogP contribution in [-0.4, -0.2) is 38.8 Å². The second-order valence-corrected chi connectivity index (χ2v) is 5.78. The van der Waals surface area contributed by atoms with Gasteiger partial charge in [0.15, 0.2) is 0 Å². The van der Waals surface area contributed by atoms with Crippen molar-refractivity contribution >= 4 is 0 Å². The van der Waals surface area contributed by atoms with E-state index in [1.165, 1.54) is 5.56 Å². The Kier molecular flexibility index (Phi) is 4.31. The number of rotatable bonds is 3. The molecule has 2 atom stereocenters. The number of benzene rings is 1. The summed E-state index contributed by atoms with van der Waals surface area (Å²) in [6, 6.07) is 11.6. The van der Waals surface area contributed by atoms with Crippen LogP contribution in [0.3, 0.4) is 0 Å². The van der Waals surface area contributed by atoms with Gasteiger partial charge in [-0.15, -0.1) is 0 Å². The fourth-order valence-corrected chi connectivity index (χ4v) is 2.90. The average molecular weight is 285 g/mol. The van der Waals surface area contributed by atoms with Gasteiger partial charge in [-0.25, -0.2) is 4.98 Å². The minimum Gasteiger partial charge on any atom is -0.309 e. The number of nitrogens with one attached hydrogen (secondary N) is 1. The normalized spacial score (nSPS) is 23.9. The largest absolute Gasteiger partial charge is 0.309 e. The molecular weight excluding hydrogens is 262 g/mol. The minimum absolute atomic E-state index is 0.379. The second kappa shape index (κ2) is 6.37. The van der Waals surface area contributed by atoms with Crippen LogP contribution in [0.1, 0.15) is 30.8 Å².